The van der Waals surface area contributed by atoms with E-state index in [9.17, 15) is 14.4 Å². The Labute approximate surface area is 114 Å². The molecule has 1 aromatic heterocycles. The summed E-state index contributed by atoms with van der Waals surface area (Å²) in [6.07, 6.45) is 1.25. The number of esters is 1. The highest BCUT2D eigenvalue weighted by atomic mass is 19.1. The summed E-state index contributed by atoms with van der Waals surface area (Å²) >= 11 is 0. The van der Waals surface area contributed by atoms with Crippen LogP contribution in [0.15, 0.2) is 18.3 Å². The van der Waals surface area contributed by atoms with Crippen molar-refractivity contribution in [2.75, 3.05) is 13.7 Å². The van der Waals surface area contributed by atoms with Crippen molar-refractivity contribution in [3.63, 3.8) is 0 Å². The first-order valence-corrected chi connectivity index (χ1v) is 5.85. The fraction of sp³-hybridized carbons (Fsp3) is 0.214. The standard InChI is InChI=1S/C14H11FN2O3/c1-3-20-14(18)10-7-17-12-5-13(19-2)11(15)4-8(12)9(10)6-16/h4-5,7H,3H2,1-2H3. The summed E-state index contributed by atoms with van der Waals surface area (Å²) in [5.74, 6) is -1.26. The van der Waals surface area contributed by atoms with Crippen LogP contribution in [0, 0.1) is 17.1 Å². The van der Waals surface area contributed by atoms with E-state index in [-0.39, 0.29) is 28.9 Å². The van der Waals surface area contributed by atoms with Crippen LogP contribution in [0.2, 0.25) is 0 Å². The van der Waals surface area contributed by atoms with Crippen LogP contribution in [0.25, 0.3) is 10.9 Å². The quantitative estimate of drug-likeness (QED) is 0.804. The lowest BCUT2D eigenvalue weighted by molar-refractivity contribution is 0.0526. The van der Waals surface area contributed by atoms with Crippen LogP contribution in [-0.2, 0) is 4.74 Å². The molecular formula is C14H11FN2O3. The van der Waals surface area contributed by atoms with E-state index in [1.807, 2.05) is 6.07 Å². The summed E-state index contributed by atoms with van der Waals surface area (Å²) in [6, 6.07) is 4.40. The molecule has 1 heterocycles. The SMILES string of the molecule is CCOC(=O)c1cnc2cc(OC)c(F)cc2c1C#N. The van der Waals surface area contributed by atoms with E-state index in [0.29, 0.717) is 5.52 Å². The van der Waals surface area contributed by atoms with Gasteiger partial charge in [0, 0.05) is 17.6 Å². The minimum atomic E-state index is -0.658. The van der Waals surface area contributed by atoms with Crippen LogP contribution in [0.3, 0.4) is 0 Å². The van der Waals surface area contributed by atoms with E-state index in [1.54, 1.807) is 6.92 Å². The van der Waals surface area contributed by atoms with E-state index in [4.69, 9.17) is 9.47 Å². The highest BCUT2D eigenvalue weighted by Gasteiger charge is 2.18. The van der Waals surface area contributed by atoms with Crippen molar-refractivity contribution in [2.24, 2.45) is 0 Å². The molecule has 0 saturated heterocycles. The molecule has 0 unspecified atom stereocenters. The smallest absolute Gasteiger partial charge is 0.341 e. The zero-order valence-corrected chi connectivity index (χ0v) is 10.9. The summed E-state index contributed by atoms with van der Waals surface area (Å²) in [6.45, 7) is 1.83. The Morgan fingerprint density at radius 3 is 2.85 bits per heavy atom. The topological polar surface area (TPSA) is 72.2 Å². The van der Waals surface area contributed by atoms with Crippen molar-refractivity contribution in [3.05, 3.63) is 35.3 Å². The second-order valence-corrected chi connectivity index (χ2v) is 3.88. The van der Waals surface area contributed by atoms with E-state index >= 15 is 0 Å². The first-order chi connectivity index (χ1) is 9.62. The fourth-order valence-electron chi connectivity index (χ4n) is 1.83. The molecule has 0 atom stereocenters. The Morgan fingerprint density at radius 2 is 2.25 bits per heavy atom. The average molecular weight is 274 g/mol. The number of nitrogens with zero attached hydrogens (tertiary/aromatic N) is 2. The van der Waals surface area contributed by atoms with Crippen LogP contribution >= 0.6 is 0 Å². The second-order valence-electron chi connectivity index (χ2n) is 3.88. The molecule has 0 aliphatic rings. The number of hydrogen-bond acceptors (Lipinski definition) is 5. The zero-order chi connectivity index (χ0) is 14.7. The van der Waals surface area contributed by atoms with Gasteiger partial charge in [0.2, 0.25) is 0 Å². The predicted octanol–water partition coefficient (Wildman–Crippen LogP) is 2.43. The number of halogens is 1. The minimum Gasteiger partial charge on any atom is -0.494 e. The molecule has 0 N–H and O–H groups in total. The van der Waals surface area contributed by atoms with Gasteiger partial charge in [-0.3, -0.25) is 4.98 Å². The molecule has 0 aliphatic heterocycles. The number of hydrogen-bond donors (Lipinski definition) is 0. The molecule has 2 rings (SSSR count). The minimum absolute atomic E-state index is 0.0198. The summed E-state index contributed by atoms with van der Waals surface area (Å²) in [7, 11) is 1.34. The van der Waals surface area contributed by atoms with Crippen molar-refractivity contribution in [1.29, 1.82) is 5.26 Å². The van der Waals surface area contributed by atoms with Crippen molar-refractivity contribution in [3.8, 4) is 11.8 Å². The van der Waals surface area contributed by atoms with Gasteiger partial charge in [-0.05, 0) is 13.0 Å². The third kappa shape index (κ3) is 2.26. The molecule has 0 aliphatic carbocycles. The maximum atomic E-state index is 13.7. The number of methoxy groups -OCH3 is 1. The van der Waals surface area contributed by atoms with Crippen LogP contribution in [0.1, 0.15) is 22.8 Å². The predicted molar refractivity (Wildman–Crippen MR) is 68.9 cm³/mol. The lowest BCUT2D eigenvalue weighted by atomic mass is 10.0. The Kier molecular flexibility index (Phi) is 3.80. The first kappa shape index (κ1) is 13.7. The molecule has 1 aromatic carbocycles. The monoisotopic (exact) mass is 274 g/mol. The molecule has 20 heavy (non-hydrogen) atoms. The molecule has 0 radical (unpaired) electrons. The van der Waals surface area contributed by atoms with Crippen LogP contribution < -0.4 is 4.74 Å². The number of nitriles is 1. The van der Waals surface area contributed by atoms with Gasteiger partial charge in [-0.25, -0.2) is 9.18 Å². The zero-order valence-electron chi connectivity index (χ0n) is 10.9. The number of carbonyl (C=O) groups excluding carboxylic acids is 1. The van der Waals surface area contributed by atoms with E-state index in [1.165, 1.54) is 19.4 Å². The molecular weight excluding hydrogens is 263 g/mol. The molecule has 0 saturated carbocycles. The number of carbonyl (C=O) groups is 1. The maximum absolute atomic E-state index is 13.7. The Bertz CT molecular complexity index is 722. The van der Waals surface area contributed by atoms with Gasteiger partial charge in [-0.2, -0.15) is 5.26 Å². The second kappa shape index (κ2) is 5.53. The number of benzene rings is 1. The van der Waals surface area contributed by atoms with Crippen molar-refractivity contribution in [2.45, 2.75) is 6.92 Å². The van der Waals surface area contributed by atoms with Crippen molar-refractivity contribution in [1.82, 2.24) is 4.98 Å². The molecule has 0 amide bonds. The Morgan fingerprint density at radius 1 is 1.50 bits per heavy atom. The number of ether oxygens (including phenoxy) is 2. The molecule has 0 bridgehead atoms. The van der Waals surface area contributed by atoms with Gasteiger partial charge >= 0.3 is 5.97 Å². The van der Waals surface area contributed by atoms with E-state index in [2.05, 4.69) is 4.98 Å². The Hall–Kier alpha value is -2.68. The number of fused-ring (bicyclic) bond motifs is 1. The van der Waals surface area contributed by atoms with Gasteiger partial charge in [0.05, 0.1) is 30.4 Å². The summed E-state index contributed by atoms with van der Waals surface area (Å²) in [4.78, 5) is 15.8. The lowest BCUT2D eigenvalue weighted by Gasteiger charge is -2.08. The highest BCUT2D eigenvalue weighted by Crippen LogP contribution is 2.27. The van der Waals surface area contributed by atoms with Gasteiger partial charge in [-0.1, -0.05) is 0 Å². The van der Waals surface area contributed by atoms with Gasteiger partial charge in [0.1, 0.15) is 6.07 Å². The molecule has 0 spiro atoms. The van der Waals surface area contributed by atoms with Crippen LogP contribution in [0.4, 0.5) is 4.39 Å². The van der Waals surface area contributed by atoms with E-state index in [0.717, 1.165) is 6.07 Å². The third-order valence-electron chi connectivity index (χ3n) is 2.75. The van der Waals surface area contributed by atoms with Crippen LogP contribution in [0.5, 0.6) is 5.75 Å². The van der Waals surface area contributed by atoms with Crippen LogP contribution in [-0.4, -0.2) is 24.7 Å². The first-order valence-electron chi connectivity index (χ1n) is 5.85. The third-order valence-corrected chi connectivity index (χ3v) is 2.75. The summed E-state index contributed by atoms with van der Waals surface area (Å²) in [5, 5.41) is 9.46. The van der Waals surface area contributed by atoms with Gasteiger partial charge in [-0.15, -0.1) is 0 Å². The normalized spacial score (nSPS) is 10.1. The average Bonchev–Trinajstić information content (AvgIpc) is 2.45. The fourth-order valence-corrected chi connectivity index (χ4v) is 1.83. The van der Waals surface area contributed by atoms with Gasteiger partial charge in [0.25, 0.3) is 0 Å². The largest absolute Gasteiger partial charge is 0.494 e. The van der Waals surface area contributed by atoms with Crippen molar-refractivity contribution >= 4 is 16.9 Å². The van der Waals surface area contributed by atoms with Gasteiger partial charge < -0.3 is 9.47 Å². The Balaban J connectivity index is 2.71. The molecule has 102 valence electrons. The molecule has 6 heteroatoms. The van der Waals surface area contributed by atoms with Gasteiger partial charge in [0.15, 0.2) is 11.6 Å². The number of rotatable bonds is 3. The molecule has 5 nitrogen and oxygen atoms in total. The number of pyridine rings is 1. The maximum Gasteiger partial charge on any atom is 0.341 e. The number of aromatic nitrogens is 1. The summed E-state index contributed by atoms with van der Waals surface area (Å²) in [5.41, 5.74) is 0.425. The molecule has 2 aromatic rings. The van der Waals surface area contributed by atoms with Crippen molar-refractivity contribution < 1.29 is 18.7 Å². The molecule has 0 fully saturated rings. The highest BCUT2D eigenvalue weighted by molar-refractivity contribution is 5.99. The summed E-state index contributed by atoms with van der Waals surface area (Å²) < 4.78 is 23.4. The van der Waals surface area contributed by atoms with E-state index < -0.39 is 11.8 Å². The lowest BCUT2D eigenvalue weighted by Crippen LogP contribution is -2.08.